The fourth-order valence-electron chi connectivity index (χ4n) is 5.62. The van der Waals surface area contributed by atoms with Gasteiger partial charge in [-0.3, -0.25) is 0 Å². The molecule has 0 saturated heterocycles. The number of aryl methyl sites for hydroxylation is 2. The Bertz CT molecular complexity index is 1660. The number of halogens is 5. The first-order valence-corrected chi connectivity index (χ1v) is 17.6. The first kappa shape index (κ1) is 39.9. The first-order chi connectivity index (χ1) is 24.2. The van der Waals surface area contributed by atoms with Crippen molar-refractivity contribution in [2.24, 2.45) is 0 Å². The number of nitrogens with one attached hydrogen (secondary N) is 3. The molecule has 4 aromatic heterocycles. The summed E-state index contributed by atoms with van der Waals surface area (Å²) < 4.78 is 56.5. The minimum Gasteiger partial charge on any atom is -0.351 e. The predicted molar refractivity (Wildman–Crippen MR) is 191 cm³/mol. The molecule has 0 aromatic carbocycles. The van der Waals surface area contributed by atoms with Crippen LogP contribution in [0.3, 0.4) is 0 Å². The summed E-state index contributed by atoms with van der Waals surface area (Å²) in [6.45, 7) is 4.47. The molecule has 0 aliphatic heterocycles. The molecule has 4 aromatic rings. The lowest BCUT2D eigenvalue weighted by Crippen LogP contribution is -2.32. The van der Waals surface area contributed by atoms with E-state index in [9.17, 15) is 17.6 Å². The van der Waals surface area contributed by atoms with Gasteiger partial charge in [0.1, 0.15) is 0 Å². The Morgan fingerprint density at radius 3 is 1.47 bits per heavy atom. The maximum Gasteiger partial charge on any atom is 0.248 e. The zero-order chi connectivity index (χ0) is 37.2. The van der Waals surface area contributed by atoms with Crippen LogP contribution in [0.1, 0.15) is 74.1 Å². The van der Waals surface area contributed by atoms with E-state index >= 15 is 0 Å². The monoisotopic (exact) mass is 736 g/mol. The number of aromatic nitrogens is 8. The highest BCUT2D eigenvalue weighted by Gasteiger charge is 2.36. The lowest BCUT2D eigenvalue weighted by atomic mass is 9.92. The lowest BCUT2D eigenvalue weighted by molar-refractivity contribution is -0.0366. The molecule has 2 aliphatic rings. The maximum atomic E-state index is 13.3. The summed E-state index contributed by atoms with van der Waals surface area (Å²) >= 11 is 5.90. The number of nitrogens with zero attached hydrogens (tertiary/aromatic N) is 9. The average molecular weight is 737 g/mol. The van der Waals surface area contributed by atoms with E-state index in [1.54, 1.807) is 21.6 Å². The van der Waals surface area contributed by atoms with E-state index < -0.39 is 11.8 Å². The predicted octanol–water partition coefficient (Wildman–Crippen LogP) is 6.56. The van der Waals surface area contributed by atoms with Crippen molar-refractivity contribution in [2.75, 3.05) is 38.8 Å². The molecule has 3 N–H and O–H groups in total. The molecule has 280 valence electrons. The van der Waals surface area contributed by atoms with Crippen molar-refractivity contribution in [3.63, 3.8) is 0 Å². The minimum absolute atomic E-state index is 0.0264. The quantitative estimate of drug-likeness (QED) is 0.129. The number of hydrogen-bond acceptors (Lipinski definition) is 10. The fourth-order valence-corrected chi connectivity index (χ4v) is 5.76. The van der Waals surface area contributed by atoms with E-state index in [2.05, 4.69) is 46.1 Å². The van der Waals surface area contributed by atoms with Crippen molar-refractivity contribution in [1.29, 1.82) is 0 Å². The molecular formula is C34H49ClF4N12. The SMILES string of the molecule is CNC.Cc1ccn(-c2cc(CCl)nc(NC3CCC(F)(F)CC3)n2)n1.Cc1ccn(-c2cc(CN(C)C)nc(NC3CCC(F)(F)CC3)n2)n1. The van der Waals surface area contributed by atoms with Gasteiger partial charge in [-0.05, 0) is 79.9 Å². The summed E-state index contributed by atoms with van der Waals surface area (Å²) in [6, 6.07) is 7.36. The van der Waals surface area contributed by atoms with E-state index in [4.69, 9.17) is 11.6 Å². The van der Waals surface area contributed by atoms with Gasteiger partial charge in [0.15, 0.2) is 11.6 Å². The molecule has 0 atom stereocenters. The minimum atomic E-state index is -2.55. The number of hydrogen-bond donors (Lipinski definition) is 3. The van der Waals surface area contributed by atoms with Gasteiger partial charge in [-0.2, -0.15) is 20.2 Å². The standard InChI is InChI=1S/C17H24F2N6.C15H18ClF2N5.C2H7N/c1-12-6-9-25(23-12)15-10-14(11-24(2)3)21-16(22-15)20-13-4-7-17(18,19)8-5-13;1-10-4-7-23(22-10)13-8-12(9-16)20-14(21-13)19-11-2-5-15(17,18)6-3-11;1-3-2/h6,9-10,13H,4-5,7-8,11H2,1-3H3,(H,20,21,22);4,7-8,11H,2-3,5-6,9H2,1H3,(H,19,20,21);3H,1-2H3. The molecule has 51 heavy (non-hydrogen) atoms. The molecule has 0 bridgehead atoms. The van der Waals surface area contributed by atoms with Crippen molar-refractivity contribution in [1.82, 2.24) is 49.7 Å². The molecular weight excluding hydrogens is 688 g/mol. The third kappa shape index (κ3) is 12.7. The highest BCUT2D eigenvalue weighted by molar-refractivity contribution is 6.16. The van der Waals surface area contributed by atoms with Crippen LogP contribution in [0, 0.1) is 13.8 Å². The van der Waals surface area contributed by atoms with Crippen LogP contribution in [0.2, 0.25) is 0 Å². The van der Waals surface area contributed by atoms with Crippen molar-refractivity contribution in [2.45, 2.75) is 102 Å². The molecule has 4 heterocycles. The molecule has 2 fully saturated rings. The summed E-state index contributed by atoms with van der Waals surface area (Å²) in [6.07, 6.45) is 4.91. The second kappa shape index (κ2) is 18.0. The molecule has 2 aliphatic carbocycles. The van der Waals surface area contributed by atoms with Crippen LogP contribution in [0.4, 0.5) is 29.5 Å². The van der Waals surface area contributed by atoms with Gasteiger partial charge in [0.25, 0.3) is 0 Å². The van der Waals surface area contributed by atoms with Crippen molar-refractivity contribution in [3.8, 4) is 11.6 Å². The van der Waals surface area contributed by atoms with Crippen molar-refractivity contribution < 1.29 is 17.6 Å². The Balaban J connectivity index is 0.000000213. The fraction of sp³-hybridized carbons (Fsp3) is 0.588. The lowest BCUT2D eigenvalue weighted by Gasteiger charge is -2.29. The Morgan fingerprint density at radius 1 is 0.725 bits per heavy atom. The van der Waals surface area contributed by atoms with E-state index in [0.29, 0.717) is 61.5 Å². The van der Waals surface area contributed by atoms with Gasteiger partial charge < -0.3 is 20.9 Å². The van der Waals surface area contributed by atoms with Crippen LogP contribution in [0.5, 0.6) is 0 Å². The zero-order valence-electron chi connectivity index (χ0n) is 30.1. The second-order valence-corrected chi connectivity index (χ2v) is 13.6. The molecule has 0 amide bonds. The van der Waals surface area contributed by atoms with Gasteiger partial charge in [-0.1, -0.05) is 0 Å². The highest BCUT2D eigenvalue weighted by Crippen LogP contribution is 2.35. The highest BCUT2D eigenvalue weighted by atomic mass is 35.5. The molecule has 17 heteroatoms. The van der Waals surface area contributed by atoms with Crippen LogP contribution in [0.15, 0.2) is 36.7 Å². The van der Waals surface area contributed by atoms with Gasteiger partial charge in [0.05, 0.1) is 28.7 Å². The smallest absolute Gasteiger partial charge is 0.248 e. The van der Waals surface area contributed by atoms with Crippen LogP contribution in [0.25, 0.3) is 11.6 Å². The van der Waals surface area contributed by atoms with Crippen LogP contribution >= 0.6 is 11.6 Å². The average Bonchev–Trinajstić information content (AvgIpc) is 3.71. The molecule has 0 spiro atoms. The first-order valence-electron chi connectivity index (χ1n) is 17.1. The van der Waals surface area contributed by atoms with Gasteiger partial charge >= 0.3 is 0 Å². The number of alkyl halides is 5. The van der Waals surface area contributed by atoms with Gasteiger partial charge in [-0.15, -0.1) is 11.6 Å². The summed E-state index contributed by atoms with van der Waals surface area (Å²) in [4.78, 5) is 19.8. The van der Waals surface area contributed by atoms with Crippen molar-refractivity contribution in [3.05, 3.63) is 59.4 Å². The third-order valence-electron chi connectivity index (χ3n) is 8.16. The summed E-state index contributed by atoms with van der Waals surface area (Å²) in [5.41, 5.74) is 3.29. The normalized spacial score (nSPS) is 17.3. The van der Waals surface area contributed by atoms with Gasteiger partial charge in [-0.25, -0.2) is 36.9 Å². The molecule has 2 saturated carbocycles. The summed E-state index contributed by atoms with van der Waals surface area (Å²) in [5.74, 6) is -2.69. The summed E-state index contributed by atoms with van der Waals surface area (Å²) in [5, 5.41) is 17.9. The topological polar surface area (TPSA) is 127 Å². The van der Waals surface area contributed by atoms with Crippen LogP contribution < -0.4 is 16.0 Å². The van der Waals surface area contributed by atoms with E-state index in [1.807, 2.05) is 71.3 Å². The van der Waals surface area contributed by atoms with E-state index in [-0.39, 0.29) is 43.6 Å². The van der Waals surface area contributed by atoms with Crippen molar-refractivity contribution >= 4 is 23.5 Å². The largest absolute Gasteiger partial charge is 0.351 e. The molecule has 12 nitrogen and oxygen atoms in total. The summed E-state index contributed by atoms with van der Waals surface area (Å²) in [7, 11) is 7.69. The van der Waals surface area contributed by atoms with E-state index in [0.717, 1.165) is 17.1 Å². The van der Waals surface area contributed by atoms with Gasteiger partial charge in [0.2, 0.25) is 23.7 Å². The maximum absolute atomic E-state index is 13.3. The molecule has 6 rings (SSSR count). The number of rotatable bonds is 9. The molecule has 0 unspecified atom stereocenters. The Hall–Kier alpha value is -3.89. The van der Waals surface area contributed by atoms with Crippen LogP contribution in [-0.4, -0.2) is 96.5 Å². The van der Waals surface area contributed by atoms with Gasteiger partial charge in [0, 0.05) is 68.8 Å². The Kier molecular flexibility index (Phi) is 14.1. The zero-order valence-corrected chi connectivity index (χ0v) is 30.9. The molecule has 0 radical (unpaired) electrons. The third-order valence-corrected chi connectivity index (χ3v) is 8.44. The second-order valence-electron chi connectivity index (χ2n) is 13.3. The van der Waals surface area contributed by atoms with Crippen LogP contribution in [-0.2, 0) is 12.4 Å². The Morgan fingerprint density at radius 2 is 1.12 bits per heavy atom. The number of anilines is 2. The van der Waals surface area contributed by atoms with E-state index in [1.165, 1.54) is 0 Å². The Labute approximate surface area is 301 Å².